The van der Waals surface area contributed by atoms with Gasteiger partial charge in [-0.3, -0.25) is 0 Å². The fraction of sp³-hybridized carbons (Fsp3) is 0.400. The van der Waals surface area contributed by atoms with Crippen LogP contribution in [0.5, 0.6) is 5.75 Å². The van der Waals surface area contributed by atoms with Crippen molar-refractivity contribution < 1.29 is 15.0 Å². The molecule has 0 saturated heterocycles. The summed E-state index contributed by atoms with van der Waals surface area (Å²) >= 11 is 0. The van der Waals surface area contributed by atoms with Gasteiger partial charge in [-0.1, -0.05) is 24.1 Å². The molecule has 4 aliphatic rings. The topological polar surface area (TPSA) is 57.5 Å². The molecule has 2 N–H and O–H groups in total. The van der Waals surface area contributed by atoms with Crippen molar-refractivity contribution in [3.8, 4) is 29.2 Å². The van der Waals surface area contributed by atoms with Crippen molar-refractivity contribution in [1.29, 1.82) is 0 Å². The molecule has 0 aromatic heterocycles. The highest BCUT2D eigenvalue weighted by molar-refractivity contribution is 5.94. The minimum absolute atomic E-state index is 0.0650. The molecule has 6 rings (SSSR count). The van der Waals surface area contributed by atoms with Gasteiger partial charge in [-0.25, -0.2) is 4.79 Å². The van der Waals surface area contributed by atoms with Gasteiger partial charge in [0.2, 0.25) is 0 Å². The summed E-state index contributed by atoms with van der Waals surface area (Å²) in [5, 5.41) is 20.3. The summed E-state index contributed by atoms with van der Waals surface area (Å²) < 4.78 is 0. The van der Waals surface area contributed by atoms with E-state index in [1.807, 2.05) is 12.1 Å². The predicted octanol–water partition coefficient (Wildman–Crippen LogP) is 5.21. The van der Waals surface area contributed by atoms with E-state index in [1.54, 1.807) is 18.2 Å². The standard InChI is InChI=1S/C25H24O3/c1-2-19-20(4-3-5-21(19)24(27)28)18-6-7-23(26)22(11-18)25-12-15-8-16(13-25)10-17(9-15)14-25/h1,3-7,11,15-17,26H,8-10,12-14H2,(H,27,28). The van der Waals surface area contributed by atoms with Gasteiger partial charge in [-0.05, 0) is 91.0 Å². The molecule has 4 fully saturated rings. The maximum absolute atomic E-state index is 11.6. The fourth-order valence-electron chi connectivity index (χ4n) is 6.70. The molecule has 4 bridgehead atoms. The zero-order valence-electron chi connectivity index (χ0n) is 15.8. The molecular formula is C25H24O3. The Morgan fingerprint density at radius 2 is 1.68 bits per heavy atom. The maximum atomic E-state index is 11.6. The Kier molecular flexibility index (Phi) is 3.81. The summed E-state index contributed by atoms with van der Waals surface area (Å²) in [6.45, 7) is 0. The lowest BCUT2D eigenvalue weighted by molar-refractivity contribution is -0.00611. The van der Waals surface area contributed by atoms with Gasteiger partial charge in [0, 0.05) is 11.1 Å². The second kappa shape index (κ2) is 6.14. The molecule has 0 atom stereocenters. The minimum atomic E-state index is -1.02. The Balaban J connectivity index is 1.63. The van der Waals surface area contributed by atoms with Crippen LogP contribution >= 0.6 is 0 Å². The highest BCUT2D eigenvalue weighted by Gasteiger charge is 2.52. The Labute approximate surface area is 165 Å². The SMILES string of the molecule is C#Cc1c(C(=O)O)cccc1-c1ccc(O)c(C23CC4CC(CC(C4)C2)C3)c1. The number of phenolic OH excluding ortho intramolecular Hbond substituents is 1. The average Bonchev–Trinajstić information content (AvgIpc) is 2.66. The van der Waals surface area contributed by atoms with Crippen LogP contribution in [-0.4, -0.2) is 16.2 Å². The highest BCUT2D eigenvalue weighted by atomic mass is 16.4. The van der Waals surface area contributed by atoms with Gasteiger partial charge in [0.15, 0.2) is 0 Å². The summed E-state index contributed by atoms with van der Waals surface area (Å²) in [5.74, 6) is 4.26. The van der Waals surface area contributed by atoms with Gasteiger partial charge in [0.05, 0.1) is 5.56 Å². The number of hydrogen-bond donors (Lipinski definition) is 2. The molecule has 0 heterocycles. The second-order valence-electron chi connectivity index (χ2n) is 9.11. The van der Waals surface area contributed by atoms with E-state index in [1.165, 1.54) is 19.3 Å². The number of aromatic hydroxyl groups is 1. The van der Waals surface area contributed by atoms with Crippen LogP contribution in [0.15, 0.2) is 36.4 Å². The number of rotatable bonds is 3. The Hall–Kier alpha value is -2.73. The lowest BCUT2D eigenvalue weighted by atomic mass is 9.48. The first-order valence-corrected chi connectivity index (χ1v) is 10.2. The molecule has 0 unspecified atom stereocenters. The van der Waals surface area contributed by atoms with E-state index in [2.05, 4.69) is 12.0 Å². The maximum Gasteiger partial charge on any atom is 0.336 e. The molecule has 28 heavy (non-hydrogen) atoms. The quantitative estimate of drug-likeness (QED) is 0.728. The third-order valence-electron chi connectivity index (χ3n) is 7.36. The number of carboxylic acid groups (broad SMARTS) is 1. The second-order valence-corrected chi connectivity index (χ2v) is 9.11. The molecule has 142 valence electrons. The summed E-state index contributed by atoms with van der Waals surface area (Å²) in [6.07, 6.45) is 13.2. The summed E-state index contributed by atoms with van der Waals surface area (Å²) in [6, 6.07) is 10.8. The van der Waals surface area contributed by atoms with Crippen LogP contribution in [0, 0.1) is 30.1 Å². The molecule has 4 saturated carbocycles. The van der Waals surface area contributed by atoms with Gasteiger partial charge in [0.25, 0.3) is 0 Å². The largest absolute Gasteiger partial charge is 0.508 e. The van der Waals surface area contributed by atoms with Gasteiger partial charge < -0.3 is 10.2 Å². The van der Waals surface area contributed by atoms with E-state index in [9.17, 15) is 15.0 Å². The number of carboxylic acids is 1. The van der Waals surface area contributed by atoms with Crippen molar-refractivity contribution in [2.75, 3.05) is 0 Å². The van der Waals surface area contributed by atoms with Gasteiger partial charge in [-0.15, -0.1) is 6.42 Å². The number of carbonyl (C=O) groups is 1. The van der Waals surface area contributed by atoms with E-state index < -0.39 is 5.97 Å². The molecule has 0 aliphatic heterocycles. The van der Waals surface area contributed by atoms with Crippen LogP contribution < -0.4 is 0 Å². The van der Waals surface area contributed by atoms with Crippen LogP contribution in [0.25, 0.3) is 11.1 Å². The summed E-state index contributed by atoms with van der Waals surface area (Å²) in [5.41, 5.74) is 3.28. The molecule has 3 nitrogen and oxygen atoms in total. The van der Waals surface area contributed by atoms with Crippen molar-refractivity contribution in [3.63, 3.8) is 0 Å². The van der Waals surface area contributed by atoms with Crippen LogP contribution in [-0.2, 0) is 5.41 Å². The van der Waals surface area contributed by atoms with Crippen molar-refractivity contribution >= 4 is 5.97 Å². The van der Waals surface area contributed by atoms with Crippen molar-refractivity contribution in [2.45, 2.75) is 43.9 Å². The first-order valence-electron chi connectivity index (χ1n) is 10.2. The third kappa shape index (κ3) is 2.55. The molecule has 0 spiro atoms. The van der Waals surface area contributed by atoms with Crippen LogP contribution in [0.4, 0.5) is 0 Å². The smallest absolute Gasteiger partial charge is 0.336 e. The average molecular weight is 372 g/mol. The number of benzene rings is 2. The summed E-state index contributed by atoms with van der Waals surface area (Å²) in [4.78, 5) is 11.6. The zero-order valence-corrected chi connectivity index (χ0v) is 15.8. The molecule has 0 radical (unpaired) electrons. The number of phenols is 1. The first-order chi connectivity index (χ1) is 13.5. The van der Waals surface area contributed by atoms with E-state index in [4.69, 9.17) is 6.42 Å². The van der Waals surface area contributed by atoms with Crippen LogP contribution in [0.1, 0.15) is 60.0 Å². The molecular weight excluding hydrogens is 348 g/mol. The van der Waals surface area contributed by atoms with Gasteiger partial charge in [0.1, 0.15) is 5.75 Å². The minimum Gasteiger partial charge on any atom is -0.508 e. The molecule has 4 aliphatic carbocycles. The normalized spacial score (nSPS) is 30.2. The monoisotopic (exact) mass is 372 g/mol. The van der Waals surface area contributed by atoms with Crippen molar-refractivity contribution in [3.05, 3.63) is 53.1 Å². The van der Waals surface area contributed by atoms with Gasteiger partial charge >= 0.3 is 5.97 Å². The Morgan fingerprint density at radius 1 is 1.04 bits per heavy atom. The van der Waals surface area contributed by atoms with Crippen LogP contribution in [0.3, 0.4) is 0 Å². The third-order valence-corrected chi connectivity index (χ3v) is 7.36. The fourth-order valence-corrected chi connectivity index (χ4v) is 6.70. The lowest BCUT2D eigenvalue weighted by Gasteiger charge is -2.57. The first kappa shape index (κ1) is 17.4. The van der Waals surface area contributed by atoms with Crippen molar-refractivity contribution in [1.82, 2.24) is 0 Å². The van der Waals surface area contributed by atoms with Crippen molar-refractivity contribution in [2.24, 2.45) is 17.8 Å². The number of hydrogen-bond acceptors (Lipinski definition) is 2. The molecule has 2 aromatic rings. The van der Waals surface area contributed by atoms with Crippen LogP contribution in [0.2, 0.25) is 0 Å². The molecule has 3 heteroatoms. The van der Waals surface area contributed by atoms with E-state index in [-0.39, 0.29) is 11.0 Å². The summed E-state index contributed by atoms with van der Waals surface area (Å²) in [7, 11) is 0. The van der Waals surface area contributed by atoms with E-state index in [0.717, 1.165) is 53.7 Å². The highest BCUT2D eigenvalue weighted by Crippen LogP contribution is 2.62. The molecule has 0 amide bonds. The van der Waals surface area contributed by atoms with Gasteiger partial charge in [-0.2, -0.15) is 0 Å². The van der Waals surface area contributed by atoms with E-state index in [0.29, 0.717) is 11.3 Å². The number of aromatic carboxylic acids is 1. The Morgan fingerprint density at radius 3 is 2.25 bits per heavy atom. The van der Waals surface area contributed by atoms with E-state index >= 15 is 0 Å². The number of terminal acetylenes is 1. The molecule has 2 aromatic carbocycles. The lowest BCUT2D eigenvalue weighted by Crippen LogP contribution is -2.48. The Bertz CT molecular complexity index is 976. The zero-order chi connectivity index (χ0) is 19.5. The predicted molar refractivity (Wildman–Crippen MR) is 108 cm³/mol.